The van der Waals surface area contributed by atoms with Gasteiger partial charge in [-0.3, -0.25) is 0 Å². The van der Waals surface area contributed by atoms with Crippen LogP contribution >= 0.6 is 34.4 Å². The van der Waals surface area contributed by atoms with Gasteiger partial charge < -0.3 is 19.8 Å². The summed E-state index contributed by atoms with van der Waals surface area (Å²) in [5.41, 5.74) is 1.63. The van der Waals surface area contributed by atoms with Gasteiger partial charge in [-0.25, -0.2) is 13.8 Å². The first-order valence-electron chi connectivity index (χ1n) is 11.1. The van der Waals surface area contributed by atoms with Crippen LogP contribution in [0.4, 0.5) is 8.78 Å². The van der Waals surface area contributed by atoms with Crippen molar-refractivity contribution in [3.05, 3.63) is 93.5 Å². The number of thioether (sulfide) groups is 1. The summed E-state index contributed by atoms with van der Waals surface area (Å²) in [4.78, 5) is 11.2. The summed E-state index contributed by atoms with van der Waals surface area (Å²) in [6.45, 7) is 1.73. The normalized spacial score (nSPS) is 13.2. The summed E-state index contributed by atoms with van der Waals surface area (Å²) < 4.78 is 36.8. The molecule has 36 heavy (non-hydrogen) atoms. The van der Waals surface area contributed by atoms with Crippen LogP contribution in [0, 0.1) is 15.2 Å². The molecule has 5 aromatic rings. The number of hydrogen-bond donors (Lipinski definition) is 3. The zero-order valence-electron chi connectivity index (χ0n) is 19.4. The van der Waals surface area contributed by atoms with Crippen molar-refractivity contribution in [2.45, 2.75) is 17.2 Å². The Morgan fingerprint density at radius 1 is 1.11 bits per heavy atom. The van der Waals surface area contributed by atoms with E-state index in [4.69, 9.17) is 4.74 Å². The van der Waals surface area contributed by atoms with Crippen molar-refractivity contribution < 1.29 is 18.6 Å². The Hall–Kier alpha value is -2.89. The highest BCUT2D eigenvalue weighted by molar-refractivity contribution is 14.1. The first-order valence-corrected chi connectivity index (χ1v) is 13.4. The summed E-state index contributed by atoms with van der Waals surface area (Å²) in [5.74, 6) is -0.383. The molecular formula is C27H22F2IN3O2S. The zero-order valence-corrected chi connectivity index (χ0v) is 22.4. The molecule has 1 unspecified atom stereocenters. The number of aliphatic hydroxyl groups excluding tert-OH is 1. The van der Waals surface area contributed by atoms with Crippen molar-refractivity contribution in [3.63, 3.8) is 0 Å². The molecule has 0 fully saturated rings. The van der Waals surface area contributed by atoms with Crippen molar-refractivity contribution in [3.8, 4) is 22.9 Å². The van der Waals surface area contributed by atoms with Gasteiger partial charge in [-0.15, -0.1) is 11.8 Å². The molecule has 3 aromatic carbocycles. The number of imidazole rings is 1. The van der Waals surface area contributed by atoms with E-state index < -0.39 is 17.0 Å². The molecule has 2 aromatic heterocycles. The van der Waals surface area contributed by atoms with Crippen molar-refractivity contribution in [1.29, 1.82) is 0 Å². The van der Waals surface area contributed by atoms with Gasteiger partial charge >= 0.3 is 0 Å². The number of H-pyrrole nitrogens is 2. The molecule has 0 radical (unpaired) electrons. The second-order valence-electron chi connectivity index (χ2n) is 8.55. The number of aromatic amines is 2. The van der Waals surface area contributed by atoms with Gasteiger partial charge in [0.25, 0.3) is 0 Å². The Balaban J connectivity index is 1.52. The lowest BCUT2D eigenvalue weighted by Gasteiger charge is -2.26. The topological polar surface area (TPSA) is 73.9 Å². The molecule has 1 atom stereocenters. The predicted octanol–water partition coefficient (Wildman–Crippen LogP) is 7.25. The second kappa shape index (κ2) is 9.87. The fraction of sp³-hybridized carbons (Fsp3) is 0.148. The first kappa shape index (κ1) is 24.8. The Bertz CT molecular complexity index is 1570. The van der Waals surface area contributed by atoms with Crippen molar-refractivity contribution in [2.24, 2.45) is 0 Å². The van der Waals surface area contributed by atoms with Crippen molar-refractivity contribution in [1.82, 2.24) is 15.0 Å². The lowest BCUT2D eigenvalue weighted by Crippen LogP contribution is -2.28. The highest BCUT2D eigenvalue weighted by Crippen LogP contribution is 2.41. The van der Waals surface area contributed by atoms with E-state index in [2.05, 4.69) is 37.5 Å². The minimum Gasteiger partial charge on any atom is -0.453 e. The maximum Gasteiger partial charge on any atom is 0.177 e. The standard InChI is InChI=1S/C27H22F2IN3O2S/c1-27(14-34,15-4-3-5-16(30)10-15)23-13-32-26(33-23)19-11-17(6-7-20(19)28)35-24-21(29)12-22-18(8-9-31-22)25(24)36-2/h3-13,31,34H,14H2,1-2H3,(H,32,33). The number of benzene rings is 3. The lowest BCUT2D eigenvalue weighted by molar-refractivity contribution is 0.228. The third-order valence-electron chi connectivity index (χ3n) is 6.28. The Kier molecular flexibility index (Phi) is 6.80. The number of halogens is 3. The van der Waals surface area contributed by atoms with Gasteiger partial charge in [0.15, 0.2) is 11.6 Å². The van der Waals surface area contributed by atoms with Crippen LogP contribution in [0.15, 0.2) is 71.9 Å². The van der Waals surface area contributed by atoms with Gasteiger partial charge in [0.05, 0.1) is 22.5 Å². The maximum absolute atomic E-state index is 14.9. The number of rotatable bonds is 7. The minimum absolute atomic E-state index is 0.0822. The molecule has 0 aliphatic rings. The van der Waals surface area contributed by atoms with Crippen molar-refractivity contribution >= 4 is 45.3 Å². The molecule has 5 rings (SSSR count). The third kappa shape index (κ3) is 4.39. The largest absolute Gasteiger partial charge is 0.453 e. The van der Waals surface area contributed by atoms with Crippen LogP contribution in [0.1, 0.15) is 18.2 Å². The lowest BCUT2D eigenvalue weighted by atomic mass is 9.80. The molecule has 0 saturated carbocycles. The van der Waals surface area contributed by atoms with E-state index in [-0.39, 0.29) is 29.5 Å². The predicted molar refractivity (Wildman–Crippen MR) is 147 cm³/mol. The van der Waals surface area contributed by atoms with E-state index in [1.165, 1.54) is 36.0 Å². The second-order valence-corrected chi connectivity index (χ2v) is 10.6. The van der Waals surface area contributed by atoms with E-state index in [1.807, 2.05) is 43.5 Å². The summed E-state index contributed by atoms with van der Waals surface area (Å²) in [6, 6.07) is 15.3. The number of aromatic nitrogens is 3. The number of nitrogens with one attached hydrogen (secondary N) is 2. The van der Waals surface area contributed by atoms with E-state index >= 15 is 0 Å². The molecule has 2 heterocycles. The Labute approximate surface area is 224 Å². The van der Waals surface area contributed by atoms with E-state index in [0.29, 0.717) is 16.1 Å². The smallest absolute Gasteiger partial charge is 0.177 e. The molecule has 0 saturated heterocycles. The van der Waals surface area contributed by atoms with Crippen LogP contribution in [0.25, 0.3) is 22.3 Å². The molecule has 0 amide bonds. The number of nitrogens with zero attached hydrogens (tertiary/aromatic N) is 1. The fourth-order valence-electron chi connectivity index (χ4n) is 4.19. The number of hydrogen-bond acceptors (Lipinski definition) is 4. The van der Waals surface area contributed by atoms with Crippen LogP contribution in [0.3, 0.4) is 0 Å². The average Bonchev–Trinajstić information content (AvgIpc) is 3.55. The quantitative estimate of drug-likeness (QED) is 0.133. The van der Waals surface area contributed by atoms with E-state index in [9.17, 15) is 13.9 Å². The van der Waals surface area contributed by atoms with Gasteiger partial charge in [-0.1, -0.05) is 12.1 Å². The zero-order chi connectivity index (χ0) is 25.4. The first-order chi connectivity index (χ1) is 17.3. The minimum atomic E-state index is -0.765. The van der Waals surface area contributed by atoms with Crippen LogP contribution in [-0.4, -0.2) is 32.9 Å². The van der Waals surface area contributed by atoms with Crippen LogP contribution in [0.5, 0.6) is 11.5 Å². The highest BCUT2D eigenvalue weighted by atomic mass is 127. The third-order valence-corrected chi connectivity index (χ3v) is 7.77. The molecule has 0 bridgehead atoms. The fourth-order valence-corrected chi connectivity index (χ4v) is 5.46. The molecule has 9 heteroatoms. The van der Waals surface area contributed by atoms with E-state index in [0.717, 1.165) is 14.5 Å². The number of fused-ring (bicyclic) bond motifs is 1. The number of aliphatic hydroxyl groups is 1. The van der Waals surface area contributed by atoms with Crippen LogP contribution in [-0.2, 0) is 5.41 Å². The monoisotopic (exact) mass is 617 g/mol. The molecule has 3 N–H and O–H groups in total. The molecule has 184 valence electrons. The maximum atomic E-state index is 14.9. The van der Waals surface area contributed by atoms with Crippen LogP contribution < -0.4 is 4.74 Å². The molecule has 0 aliphatic heterocycles. The van der Waals surface area contributed by atoms with Gasteiger partial charge in [-0.05, 0) is 77.7 Å². The number of ether oxygens (including phenoxy) is 1. The summed E-state index contributed by atoms with van der Waals surface area (Å²) in [6.07, 6.45) is 5.19. The van der Waals surface area contributed by atoms with Crippen LogP contribution in [0.2, 0.25) is 0 Å². The van der Waals surface area contributed by atoms with Gasteiger partial charge in [0.1, 0.15) is 17.4 Å². The molecular weight excluding hydrogens is 595 g/mol. The molecule has 0 spiro atoms. The van der Waals surface area contributed by atoms with Crippen molar-refractivity contribution in [2.75, 3.05) is 12.9 Å². The van der Waals surface area contributed by atoms with Gasteiger partial charge in [-0.2, -0.15) is 0 Å². The summed E-state index contributed by atoms with van der Waals surface area (Å²) in [7, 11) is 0. The van der Waals surface area contributed by atoms with E-state index in [1.54, 1.807) is 12.4 Å². The average molecular weight is 617 g/mol. The van der Waals surface area contributed by atoms with Gasteiger partial charge in [0.2, 0.25) is 0 Å². The molecule has 5 nitrogen and oxygen atoms in total. The SMILES string of the molecule is CSc1c(Oc2ccc(F)c(-c3ncc(C(C)(CO)c4cccc(I)c4)[nH]3)c2)c(F)cc2[nH]ccc12. The molecule has 0 aliphatic carbocycles. The Morgan fingerprint density at radius 2 is 1.94 bits per heavy atom. The highest BCUT2D eigenvalue weighted by Gasteiger charge is 2.31. The summed E-state index contributed by atoms with van der Waals surface area (Å²) >= 11 is 3.60. The van der Waals surface area contributed by atoms with Gasteiger partial charge in [0, 0.05) is 38.6 Å². The summed E-state index contributed by atoms with van der Waals surface area (Å²) in [5, 5.41) is 11.1. The Morgan fingerprint density at radius 3 is 2.69 bits per heavy atom.